The van der Waals surface area contributed by atoms with Gasteiger partial charge >= 0.3 is 18.2 Å². The SMILES string of the molecule is CCOc1ccccc1NC(=O)Nc1ccc(C)c(-c2ccc3ccncc3c2)c1.COc1ccccc1NC(=O)Nc1ccc(C)c(-c2ccc3ccncc3c2)c1.Cc1cc(C(=O)Nc2ccc(C)c(-c3ccc4ccncc4c3)c2)cc(Cl)n1.Cc1ccc(NC(=O)c2cccc(C(F)(F)F)c2)cc1-c1ccc2c(c1)OCO2.Cc1ccc(NC(=O)c2cccc(N(C)C)c2)cc1-c1ccc(C(=O)N2CC2)cc1. The standard InChI is InChI=1S/C25H25N3O2.C25H23N3O2.C24H21N3O2.C23H18ClN3O.C22H16F3NO3/c1-17-7-12-21(26-24(29)20-5-4-6-22(15-20)27(2)3)16-23(17)18-8-10-19(11-9-18)25(30)28-13-14-28;1-3-30-24-7-5-4-6-23(24)28-25(29)27-21-11-8-17(2)22(15-21)19-10-9-18-12-13-26-16-20(18)14-19;1-16-7-10-20(26-24(28)27-22-5-3-4-6-23(22)29-2)14-21(16)18-9-8-17-11-12-25-15-19(17)13-18;1-14-3-6-20(27-23(28)18-9-15(2)26-22(24)11-18)12-21(14)17-5-4-16-7-8-25-13-19(16)10-17;1-13-5-7-17(11-18(13)14-6-8-19-20(10-14)29-12-28-19)26-21(27)15-3-2-4-16(9-15)22(23,24)25/h4-12,15-16H,13-14H2,1-3H3,(H,26,29);4-16H,3H2,1-2H3,(H2,27,28,29);3-15H,1-2H3,(H2,26,27,28);3-13H,1-2H3,(H,27,28);2-11H,12H2,1H3,(H,26,27). The number of para-hydroxylation sites is 4. The van der Waals surface area contributed by atoms with Gasteiger partial charge < -0.3 is 66.0 Å². The van der Waals surface area contributed by atoms with E-state index in [1.807, 2.05) is 263 Å². The van der Waals surface area contributed by atoms with Gasteiger partial charge in [-0.3, -0.25) is 34.1 Å². The highest BCUT2D eigenvalue weighted by atomic mass is 35.5. The topological polar surface area (TPSA) is 281 Å². The summed E-state index contributed by atoms with van der Waals surface area (Å²) in [7, 11) is 5.47. The summed E-state index contributed by atoms with van der Waals surface area (Å²) in [6.45, 7) is 16.3. The molecule has 0 radical (unpaired) electrons. The van der Waals surface area contributed by atoms with E-state index in [0.717, 1.165) is 158 Å². The molecule has 2 aliphatic rings. The number of fused-ring (bicyclic) bond motifs is 4. The minimum absolute atomic E-state index is 0.0648. The molecule has 7 N–H and O–H groups in total. The van der Waals surface area contributed by atoms with Crippen molar-refractivity contribution in [3.05, 3.63) is 419 Å². The molecular weight excluding hydrogens is 1860 g/mol. The van der Waals surface area contributed by atoms with Crippen molar-refractivity contribution in [2.24, 2.45) is 0 Å². The number of aryl methyl sites for hydroxylation is 6. The Morgan fingerprint density at radius 3 is 1.23 bits per heavy atom. The maximum absolute atomic E-state index is 12.9. The van der Waals surface area contributed by atoms with Crippen molar-refractivity contribution >= 4 is 125 Å². The number of amides is 8. The summed E-state index contributed by atoms with van der Waals surface area (Å²) in [6, 6.07) is 96.1. The number of anilines is 8. The average Bonchev–Trinajstić information content (AvgIpc) is 1.23. The minimum atomic E-state index is -4.51. The highest BCUT2D eigenvalue weighted by Gasteiger charge is 2.32. The van der Waals surface area contributed by atoms with Gasteiger partial charge in [0.15, 0.2) is 11.5 Å². The van der Waals surface area contributed by atoms with Gasteiger partial charge in [0.1, 0.15) is 16.7 Å². The lowest BCUT2D eigenvalue weighted by Gasteiger charge is -2.14. The summed E-state index contributed by atoms with van der Waals surface area (Å²) in [4.78, 5) is 95.5. The number of benzene rings is 14. The molecule has 0 aliphatic carbocycles. The number of aromatic nitrogens is 4. The van der Waals surface area contributed by atoms with Crippen LogP contribution in [0.5, 0.6) is 23.0 Å². The first-order valence-corrected chi connectivity index (χ1v) is 47.3. The molecule has 20 rings (SSSR count). The second kappa shape index (κ2) is 46.1. The van der Waals surface area contributed by atoms with Crippen LogP contribution in [0, 0.1) is 41.5 Å². The molecule has 23 nitrogen and oxygen atoms in total. The molecule has 732 valence electrons. The van der Waals surface area contributed by atoms with Crippen molar-refractivity contribution in [3.8, 4) is 78.6 Å². The third kappa shape index (κ3) is 25.8. The van der Waals surface area contributed by atoms with E-state index in [1.165, 1.54) is 12.1 Å². The smallest absolute Gasteiger partial charge is 0.416 e. The van der Waals surface area contributed by atoms with Crippen LogP contribution in [0.3, 0.4) is 0 Å². The lowest BCUT2D eigenvalue weighted by atomic mass is 9.98. The van der Waals surface area contributed by atoms with Crippen molar-refractivity contribution in [2.75, 3.05) is 89.8 Å². The first-order chi connectivity index (χ1) is 70.5. The highest BCUT2D eigenvalue weighted by molar-refractivity contribution is 6.30. The Morgan fingerprint density at radius 1 is 0.384 bits per heavy atom. The van der Waals surface area contributed by atoms with E-state index in [2.05, 4.69) is 133 Å². The maximum atomic E-state index is 12.9. The summed E-state index contributed by atoms with van der Waals surface area (Å²) in [5.74, 6) is 1.66. The lowest BCUT2D eigenvalue weighted by Crippen LogP contribution is -2.20. The molecular formula is C119H103ClF3N13O10. The van der Waals surface area contributed by atoms with Gasteiger partial charge in [-0.2, -0.15) is 13.2 Å². The minimum Gasteiger partial charge on any atom is -0.495 e. The Hall–Kier alpha value is -18.0. The summed E-state index contributed by atoms with van der Waals surface area (Å²) >= 11 is 5.97. The predicted molar refractivity (Wildman–Crippen MR) is 577 cm³/mol. The van der Waals surface area contributed by atoms with Crippen molar-refractivity contribution in [2.45, 2.75) is 54.6 Å². The van der Waals surface area contributed by atoms with Gasteiger partial charge in [0.2, 0.25) is 6.79 Å². The molecule has 0 spiro atoms. The number of alkyl halides is 3. The van der Waals surface area contributed by atoms with Gasteiger partial charge in [0.05, 0.1) is 30.7 Å². The summed E-state index contributed by atoms with van der Waals surface area (Å²) in [6.07, 6.45) is 6.44. The highest BCUT2D eigenvalue weighted by Crippen LogP contribution is 2.41. The zero-order chi connectivity index (χ0) is 103. The Bertz CT molecular complexity index is 7920. The molecule has 18 aromatic rings. The number of carbonyl (C=O) groups is 6. The van der Waals surface area contributed by atoms with Gasteiger partial charge in [0.25, 0.3) is 23.6 Å². The normalized spacial score (nSPS) is 11.4. The molecule has 0 unspecified atom stereocenters. The fourth-order valence-electron chi connectivity index (χ4n) is 16.4. The van der Waals surface area contributed by atoms with Crippen LogP contribution in [0.25, 0.3) is 88.0 Å². The lowest BCUT2D eigenvalue weighted by molar-refractivity contribution is -0.137. The molecule has 14 aromatic carbocycles. The Morgan fingerprint density at radius 2 is 0.788 bits per heavy atom. The van der Waals surface area contributed by atoms with Gasteiger partial charge in [-0.15, -0.1) is 0 Å². The van der Waals surface area contributed by atoms with E-state index < -0.39 is 17.6 Å². The summed E-state index contributed by atoms with van der Waals surface area (Å²) < 4.78 is 60.2. The summed E-state index contributed by atoms with van der Waals surface area (Å²) in [5, 5.41) is 27.1. The quantitative estimate of drug-likeness (QED) is 0.0276. The van der Waals surface area contributed by atoms with Crippen LogP contribution in [0.4, 0.5) is 68.3 Å². The molecule has 4 aromatic heterocycles. The van der Waals surface area contributed by atoms with Crippen LogP contribution < -0.4 is 61.1 Å². The van der Waals surface area contributed by atoms with E-state index in [1.54, 1.807) is 69.0 Å². The van der Waals surface area contributed by atoms with Crippen LogP contribution in [0.15, 0.2) is 353 Å². The van der Waals surface area contributed by atoms with Crippen molar-refractivity contribution in [1.29, 1.82) is 0 Å². The molecule has 1 fully saturated rings. The van der Waals surface area contributed by atoms with Gasteiger partial charge in [-0.25, -0.2) is 14.6 Å². The number of nitrogens with one attached hydrogen (secondary N) is 7. The van der Waals surface area contributed by atoms with Gasteiger partial charge in [-0.05, 0) is 342 Å². The summed E-state index contributed by atoms with van der Waals surface area (Å²) in [5.41, 5.74) is 22.8. The molecule has 0 atom stereocenters. The van der Waals surface area contributed by atoms with Crippen LogP contribution >= 0.6 is 11.6 Å². The maximum Gasteiger partial charge on any atom is 0.416 e. The number of ether oxygens (including phenoxy) is 4. The number of hydrogen-bond acceptors (Lipinski definition) is 15. The van der Waals surface area contributed by atoms with Crippen molar-refractivity contribution in [3.63, 3.8) is 0 Å². The fourth-order valence-corrected chi connectivity index (χ4v) is 16.7. The van der Waals surface area contributed by atoms with Crippen molar-refractivity contribution in [1.82, 2.24) is 24.8 Å². The first-order valence-electron chi connectivity index (χ1n) is 46.9. The number of rotatable bonds is 20. The number of hydrogen-bond donors (Lipinski definition) is 7. The molecule has 146 heavy (non-hydrogen) atoms. The predicted octanol–water partition coefficient (Wildman–Crippen LogP) is 28.0. The van der Waals surface area contributed by atoms with E-state index in [9.17, 15) is 41.9 Å². The van der Waals surface area contributed by atoms with Crippen molar-refractivity contribution < 1.29 is 60.9 Å². The Balaban J connectivity index is 0.000000131. The Labute approximate surface area is 847 Å². The van der Waals surface area contributed by atoms with E-state index >= 15 is 0 Å². The number of nitrogens with zero attached hydrogens (tertiary/aromatic N) is 6. The van der Waals surface area contributed by atoms with Crippen LogP contribution in [0.2, 0.25) is 5.15 Å². The number of pyridine rings is 4. The number of carbonyl (C=O) groups excluding carboxylic acids is 6. The fraction of sp³-hybridized carbons (Fsp3) is 0.126. The van der Waals surface area contributed by atoms with E-state index in [4.69, 9.17) is 30.5 Å². The molecule has 6 heterocycles. The second-order valence-electron chi connectivity index (χ2n) is 34.9. The number of urea groups is 2. The largest absolute Gasteiger partial charge is 0.495 e. The van der Waals surface area contributed by atoms with Gasteiger partial charge in [0, 0.05) is 143 Å². The van der Waals surface area contributed by atoms with E-state index in [0.29, 0.717) is 85.6 Å². The van der Waals surface area contributed by atoms with Crippen LogP contribution in [0.1, 0.15) is 87.4 Å². The van der Waals surface area contributed by atoms with Crippen LogP contribution in [-0.4, -0.2) is 108 Å². The zero-order valence-corrected chi connectivity index (χ0v) is 82.3. The Kier molecular flexibility index (Phi) is 31.9. The third-order valence-electron chi connectivity index (χ3n) is 24.2. The third-order valence-corrected chi connectivity index (χ3v) is 24.4. The average molecular weight is 1970 g/mol. The molecule has 27 heteroatoms. The zero-order valence-electron chi connectivity index (χ0n) is 81.6. The van der Waals surface area contributed by atoms with Crippen LogP contribution in [-0.2, 0) is 6.18 Å². The molecule has 8 amide bonds. The number of methoxy groups -OCH3 is 1. The molecule has 2 aliphatic heterocycles. The van der Waals surface area contributed by atoms with E-state index in [-0.39, 0.29) is 42.1 Å². The van der Waals surface area contributed by atoms with Gasteiger partial charge in [-0.1, -0.05) is 133 Å². The molecule has 1 saturated heterocycles. The second-order valence-corrected chi connectivity index (χ2v) is 35.3. The first kappa shape index (κ1) is 101. The number of halogens is 4. The monoisotopic (exact) mass is 1970 g/mol. The molecule has 0 saturated carbocycles. The molecule has 0 bridgehead atoms.